The third kappa shape index (κ3) is 4.98. The number of ether oxygens (including phenoxy) is 2. The second-order valence-electron chi connectivity index (χ2n) is 6.45. The van der Waals surface area contributed by atoms with E-state index in [-0.39, 0.29) is 34.4 Å². The van der Waals surface area contributed by atoms with Gasteiger partial charge in [0, 0.05) is 5.56 Å². The van der Waals surface area contributed by atoms with Gasteiger partial charge in [-0.05, 0) is 56.7 Å². The van der Waals surface area contributed by atoms with Crippen LogP contribution in [0.4, 0.5) is 5.00 Å². The summed E-state index contributed by atoms with van der Waals surface area (Å²) in [5.41, 5.74) is 1.12. The number of thiophene rings is 1. The van der Waals surface area contributed by atoms with Crippen LogP contribution in [0.3, 0.4) is 0 Å². The van der Waals surface area contributed by atoms with Crippen LogP contribution in [0.2, 0.25) is 10.0 Å². The van der Waals surface area contributed by atoms with Gasteiger partial charge in [-0.1, -0.05) is 23.2 Å². The Morgan fingerprint density at radius 1 is 1.00 bits per heavy atom. The van der Waals surface area contributed by atoms with Gasteiger partial charge >= 0.3 is 11.9 Å². The van der Waals surface area contributed by atoms with Crippen molar-refractivity contribution in [3.8, 4) is 11.3 Å². The molecule has 2 heterocycles. The molecule has 1 amide bonds. The van der Waals surface area contributed by atoms with Gasteiger partial charge in [0.25, 0.3) is 5.91 Å². The molecule has 10 heteroatoms. The maximum Gasteiger partial charge on any atom is 0.348 e. The summed E-state index contributed by atoms with van der Waals surface area (Å²) in [4.78, 5) is 37.8. The Kier molecular flexibility index (Phi) is 7.60. The third-order valence-electron chi connectivity index (χ3n) is 4.35. The van der Waals surface area contributed by atoms with Gasteiger partial charge in [-0.3, -0.25) is 4.79 Å². The van der Waals surface area contributed by atoms with E-state index in [1.54, 1.807) is 45.0 Å². The minimum Gasteiger partial charge on any atom is -0.462 e. The zero-order valence-corrected chi connectivity index (χ0v) is 19.7. The number of carbonyl (C=O) groups is 3. The molecule has 168 valence electrons. The molecule has 0 radical (unpaired) electrons. The molecule has 1 N–H and O–H groups in total. The van der Waals surface area contributed by atoms with Gasteiger partial charge in [-0.2, -0.15) is 0 Å². The van der Waals surface area contributed by atoms with Gasteiger partial charge in [0.1, 0.15) is 15.6 Å². The van der Waals surface area contributed by atoms with Crippen molar-refractivity contribution in [2.24, 2.45) is 0 Å². The molecule has 0 saturated heterocycles. The van der Waals surface area contributed by atoms with Crippen LogP contribution in [-0.4, -0.2) is 31.1 Å². The van der Waals surface area contributed by atoms with Gasteiger partial charge < -0.3 is 19.2 Å². The van der Waals surface area contributed by atoms with Crippen molar-refractivity contribution < 1.29 is 28.3 Å². The van der Waals surface area contributed by atoms with Gasteiger partial charge in [0.2, 0.25) is 0 Å². The van der Waals surface area contributed by atoms with E-state index in [2.05, 4.69) is 5.32 Å². The van der Waals surface area contributed by atoms with Gasteiger partial charge in [-0.25, -0.2) is 9.59 Å². The van der Waals surface area contributed by atoms with Crippen LogP contribution < -0.4 is 5.32 Å². The number of esters is 2. The highest BCUT2D eigenvalue weighted by atomic mass is 35.5. The van der Waals surface area contributed by atoms with Crippen LogP contribution in [0, 0.1) is 6.92 Å². The van der Waals surface area contributed by atoms with Crippen molar-refractivity contribution in [1.82, 2.24) is 0 Å². The fourth-order valence-electron chi connectivity index (χ4n) is 2.87. The van der Waals surface area contributed by atoms with E-state index in [1.807, 2.05) is 0 Å². The minimum atomic E-state index is -0.650. The van der Waals surface area contributed by atoms with E-state index in [9.17, 15) is 14.4 Å². The summed E-state index contributed by atoms with van der Waals surface area (Å²) >= 11 is 12.9. The summed E-state index contributed by atoms with van der Waals surface area (Å²) in [5.74, 6) is -1.42. The number of nitrogens with one attached hydrogen (secondary N) is 1. The normalized spacial score (nSPS) is 10.7. The molecule has 0 aliphatic heterocycles. The molecule has 0 saturated carbocycles. The van der Waals surface area contributed by atoms with E-state index in [4.69, 9.17) is 37.1 Å². The zero-order chi connectivity index (χ0) is 23.4. The molecule has 32 heavy (non-hydrogen) atoms. The monoisotopic (exact) mass is 495 g/mol. The van der Waals surface area contributed by atoms with Gasteiger partial charge in [0.05, 0.1) is 28.8 Å². The van der Waals surface area contributed by atoms with Crippen LogP contribution in [0.5, 0.6) is 0 Å². The summed E-state index contributed by atoms with van der Waals surface area (Å²) in [6, 6.07) is 8.06. The van der Waals surface area contributed by atoms with E-state index in [1.165, 1.54) is 6.07 Å². The number of benzene rings is 1. The van der Waals surface area contributed by atoms with Crippen LogP contribution >= 0.6 is 34.5 Å². The number of anilines is 1. The Balaban J connectivity index is 1.90. The Bertz CT molecular complexity index is 1180. The van der Waals surface area contributed by atoms with Gasteiger partial charge in [-0.15, -0.1) is 11.3 Å². The highest BCUT2D eigenvalue weighted by Crippen LogP contribution is 2.35. The number of amides is 1. The fourth-order valence-corrected chi connectivity index (χ4v) is 4.25. The third-order valence-corrected chi connectivity index (χ3v) is 6.27. The maximum atomic E-state index is 12.8. The molecular formula is C22H19Cl2NO6S. The topological polar surface area (TPSA) is 94.8 Å². The van der Waals surface area contributed by atoms with Gasteiger partial charge in [0.15, 0.2) is 5.76 Å². The van der Waals surface area contributed by atoms with E-state index < -0.39 is 17.8 Å². The molecular weight excluding hydrogens is 477 g/mol. The molecule has 0 aliphatic carbocycles. The highest BCUT2D eigenvalue weighted by molar-refractivity contribution is 7.18. The second-order valence-corrected chi connectivity index (χ2v) is 8.28. The average Bonchev–Trinajstić information content (AvgIpc) is 3.36. The number of furan rings is 1. The van der Waals surface area contributed by atoms with E-state index in [0.29, 0.717) is 26.9 Å². The van der Waals surface area contributed by atoms with Crippen LogP contribution in [-0.2, 0) is 9.47 Å². The maximum absolute atomic E-state index is 12.8. The SMILES string of the molecule is CCOC(=O)c1sc(NC(=O)c2ccc(-c3ccc(Cl)c(Cl)c3)o2)c(C(=O)OCC)c1C. The van der Waals surface area contributed by atoms with Crippen LogP contribution in [0.25, 0.3) is 11.3 Å². The predicted molar refractivity (Wildman–Crippen MR) is 123 cm³/mol. The van der Waals surface area contributed by atoms with Crippen LogP contribution in [0.1, 0.15) is 50.0 Å². The van der Waals surface area contributed by atoms with Crippen molar-refractivity contribution in [1.29, 1.82) is 0 Å². The Hall–Kier alpha value is -2.81. The lowest BCUT2D eigenvalue weighted by Crippen LogP contribution is -2.14. The fraction of sp³-hybridized carbons (Fsp3) is 0.227. The van der Waals surface area contributed by atoms with Crippen molar-refractivity contribution in [2.45, 2.75) is 20.8 Å². The first-order chi connectivity index (χ1) is 15.3. The lowest BCUT2D eigenvalue weighted by Gasteiger charge is -2.06. The predicted octanol–water partition coefficient (Wildman–Crippen LogP) is 6.23. The molecule has 0 bridgehead atoms. The van der Waals surface area contributed by atoms with Crippen molar-refractivity contribution in [3.63, 3.8) is 0 Å². The first kappa shape index (κ1) is 23.8. The van der Waals surface area contributed by atoms with E-state index >= 15 is 0 Å². The number of hydrogen-bond donors (Lipinski definition) is 1. The van der Waals surface area contributed by atoms with Crippen molar-refractivity contribution >= 4 is 57.4 Å². The van der Waals surface area contributed by atoms with Crippen LogP contribution in [0.15, 0.2) is 34.7 Å². The summed E-state index contributed by atoms with van der Waals surface area (Å²) < 4.78 is 15.8. The number of rotatable bonds is 7. The van der Waals surface area contributed by atoms with Crippen molar-refractivity contribution in [2.75, 3.05) is 18.5 Å². The molecule has 3 rings (SSSR count). The molecule has 1 aromatic carbocycles. The van der Waals surface area contributed by atoms with Crippen molar-refractivity contribution in [3.05, 3.63) is 62.1 Å². The quantitative estimate of drug-likeness (QED) is 0.390. The highest BCUT2D eigenvalue weighted by Gasteiger charge is 2.28. The smallest absolute Gasteiger partial charge is 0.348 e. The molecule has 0 fully saturated rings. The molecule has 2 aromatic heterocycles. The minimum absolute atomic E-state index is 0.00428. The number of carbonyl (C=O) groups excluding carboxylic acids is 3. The zero-order valence-electron chi connectivity index (χ0n) is 17.4. The standard InChI is InChI=1S/C22H19Cl2NO6S/c1-4-29-21(27)17-11(3)18(22(28)30-5-2)32-20(17)25-19(26)16-9-8-15(31-16)12-6-7-13(23)14(24)10-12/h6-10H,4-5H2,1-3H3,(H,25,26). The van der Waals surface area contributed by atoms with E-state index in [0.717, 1.165) is 11.3 Å². The summed E-state index contributed by atoms with van der Waals surface area (Å²) in [6.45, 7) is 5.26. The lowest BCUT2D eigenvalue weighted by molar-refractivity contribution is 0.0527. The molecule has 0 spiro atoms. The average molecular weight is 496 g/mol. The Morgan fingerprint density at radius 3 is 2.34 bits per heavy atom. The number of halogens is 2. The first-order valence-corrected chi connectivity index (χ1v) is 11.2. The summed E-state index contributed by atoms with van der Waals surface area (Å²) in [6.07, 6.45) is 0. The molecule has 3 aromatic rings. The summed E-state index contributed by atoms with van der Waals surface area (Å²) in [5, 5.41) is 3.56. The lowest BCUT2D eigenvalue weighted by atomic mass is 10.1. The number of hydrogen-bond acceptors (Lipinski definition) is 7. The largest absolute Gasteiger partial charge is 0.462 e. The second kappa shape index (κ2) is 10.2. The molecule has 0 unspecified atom stereocenters. The summed E-state index contributed by atoms with van der Waals surface area (Å²) in [7, 11) is 0. The molecule has 0 aliphatic rings. The Labute approximate surface area is 198 Å². The molecule has 0 atom stereocenters. The molecule has 7 nitrogen and oxygen atoms in total. The Morgan fingerprint density at radius 2 is 1.69 bits per heavy atom. The first-order valence-electron chi connectivity index (χ1n) is 9.61.